The van der Waals surface area contributed by atoms with Crippen LogP contribution in [0.3, 0.4) is 0 Å². The van der Waals surface area contributed by atoms with Gasteiger partial charge in [0.25, 0.3) is 0 Å². The predicted octanol–water partition coefficient (Wildman–Crippen LogP) is 6.67. The highest BCUT2D eigenvalue weighted by Gasteiger charge is 2.19. The minimum absolute atomic E-state index is 0.315. The third kappa shape index (κ3) is 7.46. The molecule has 1 amide bonds. The van der Waals surface area contributed by atoms with E-state index in [-0.39, 0.29) is 6.09 Å². The van der Waals surface area contributed by atoms with Crippen molar-refractivity contribution in [3.8, 4) is 17.0 Å². The Kier molecular flexibility index (Phi) is 8.37. The first-order valence-electron chi connectivity index (χ1n) is 9.48. The molecule has 0 saturated heterocycles. The molecule has 0 spiro atoms. The summed E-state index contributed by atoms with van der Waals surface area (Å²) < 4.78 is 12.0. The van der Waals surface area contributed by atoms with Crippen LogP contribution in [0.5, 0.6) is 5.75 Å². The lowest BCUT2D eigenvalue weighted by Crippen LogP contribution is -2.36. The van der Waals surface area contributed by atoms with Crippen LogP contribution in [0.25, 0.3) is 11.3 Å². The molecule has 8 heteroatoms. The molecule has 0 unspecified atom stereocenters. The number of halogens is 2. The van der Waals surface area contributed by atoms with Crippen molar-refractivity contribution in [3.63, 3.8) is 0 Å². The Labute approximate surface area is 190 Å². The van der Waals surface area contributed by atoms with Gasteiger partial charge in [-0.15, -0.1) is 11.3 Å². The van der Waals surface area contributed by atoms with Gasteiger partial charge in [-0.25, -0.2) is 9.78 Å². The number of aromatic nitrogens is 1. The van der Waals surface area contributed by atoms with Crippen molar-refractivity contribution < 1.29 is 14.3 Å². The quantitative estimate of drug-likeness (QED) is 0.423. The Hall–Kier alpha value is -1.31. The number of carbonyl (C=O) groups excluding carboxylic acids is 1. The maximum atomic E-state index is 12.0. The summed E-state index contributed by atoms with van der Waals surface area (Å²) in [6, 6.07) is 5.68. The minimum atomic E-state index is -0.523. The molecule has 0 aliphatic heterocycles. The molecule has 0 aliphatic rings. The molecule has 1 aromatic heterocycles. The van der Waals surface area contributed by atoms with Crippen LogP contribution in [0.4, 0.5) is 4.79 Å². The summed E-state index contributed by atoms with van der Waals surface area (Å²) in [7, 11) is 1.68. The molecule has 2 aromatic rings. The SMILES string of the molecule is CC(C)Cc1sc(Br)nc1-c1ccc(OCCN(C)C(=O)OC(C)(C)C)c(Cl)c1. The number of hydrogen-bond acceptors (Lipinski definition) is 5. The number of carbonyl (C=O) groups is 1. The molecule has 29 heavy (non-hydrogen) atoms. The van der Waals surface area contributed by atoms with Crippen LogP contribution in [0, 0.1) is 5.92 Å². The lowest BCUT2D eigenvalue weighted by atomic mass is 10.0. The molecular weight excluding hydrogens is 476 g/mol. The zero-order chi connectivity index (χ0) is 21.8. The highest BCUT2D eigenvalue weighted by Crippen LogP contribution is 2.36. The summed E-state index contributed by atoms with van der Waals surface area (Å²) in [4.78, 5) is 19.3. The number of benzene rings is 1. The largest absolute Gasteiger partial charge is 0.490 e. The number of ether oxygens (including phenoxy) is 2. The molecule has 0 fully saturated rings. The van der Waals surface area contributed by atoms with Gasteiger partial charge in [0.05, 0.1) is 17.3 Å². The van der Waals surface area contributed by atoms with E-state index in [9.17, 15) is 4.79 Å². The topological polar surface area (TPSA) is 51.7 Å². The fourth-order valence-electron chi connectivity index (χ4n) is 2.55. The molecule has 0 radical (unpaired) electrons. The van der Waals surface area contributed by atoms with Crippen molar-refractivity contribution in [3.05, 3.63) is 32.0 Å². The second-order valence-electron chi connectivity index (χ2n) is 8.23. The maximum absolute atomic E-state index is 12.0. The zero-order valence-electron chi connectivity index (χ0n) is 17.7. The van der Waals surface area contributed by atoms with Crippen molar-refractivity contribution in [1.82, 2.24) is 9.88 Å². The van der Waals surface area contributed by atoms with Crippen LogP contribution >= 0.6 is 38.9 Å². The summed E-state index contributed by atoms with van der Waals surface area (Å²) in [5, 5.41) is 0.516. The molecule has 1 heterocycles. The third-order valence-corrected chi connectivity index (χ3v) is 5.68. The predicted molar refractivity (Wildman–Crippen MR) is 123 cm³/mol. The Bertz CT molecular complexity index is 849. The second kappa shape index (κ2) is 10.1. The van der Waals surface area contributed by atoms with Gasteiger partial charge in [-0.1, -0.05) is 25.4 Å². The lowest BCUT2D eigenvalue weighted by Gasteiger charge is -2.24. The Balaban J connectivity index is 2.01. The van der Waals surface area contributed by atoms with Crippen molar-refractivity contribution in [2.24, 2.45) is 5.92 Å². The fraction of sp³-hybridized carbons (Fsp3) is 0.524. The molecule has 0 bridgehead atoms. The van der Waals surface area contributed by atoms with Crippen LogP contribution < -0.4 is 4.74 Å². The van der Waals surface area contributed by atoms with E-state index in [4.69, 9.17) is 21.1 Å². The van der Waals surface area contributed by atoms with Gasteiger partial charge in [0.2, 0.25) is 0 Å². The molecule has 0 aliphatic carbocycles. The van der Waals surface area contributed by atoms with Gasteiger partial charge in [-0.05, 0) is 67.2 Å². The molecule has 0 saturated carbocycles. The molecule has 2 rings (SSSR count). The van der Waals surface area contributed by atoms with Crippen molar-refractivity contribution in [1.29, 1.82) is 0 Å². The summed E-state index contributed by atoms with van der Waals surface area (Å²) >= 11 is 11.6. The van der Waals surface area contributed by atoms with Gasteiger partial charge >= 0.3 is 6.09 Å². The fourth-order valence-corrected chi connectivity index (χ4v) is 4.56. The van der Waals surface area contributed by atoms with Crippen molar-refractivity contribution >= 4 is 45.0 Å². The van der Waals surface area contributed by atoms with Gasteiger partial charge in [-0.2, -0.15) is 0 Å². The van der Waals surface area contributed by atoms with E-state index >= 15 is 0 Å². The van der Waals surface area contributed by atoms with Gasteiger partial charge in [0.15, 0.2) is 3.92 Å². The first-order valence-corrected chi connectivity index (χ1v) is 11.5. The van der Waals surface area contributed by atoms with E-state index in [2.05, 4.69) is 34.8 Å². The Morgan fingerprint density at radius 3 is 2.62 bits per heavy atom. The third-order valence-electron chi connectivity index (χ3n) is 3.86. The zero-order valence-corrected chi connectivity index (χ0v) is 20.9. The number of nitrogens with zero attached hydrogens (tertiary/aromatic N) is 2. The summed E-state index contributed by atoms with van der Waals surface area (Å²) in [5.74, 6) is 1.12. The van der Waals surface area contributed by atoms with Crippen LogP contribution in [0.15, 0.2) is 22.1 Å². The van der Waals surface area contributed by atoms with E-state index in [0.29, 0.717) is 29.8 Å². The van der Waals surface area contributed by atoms with E-state index in [1.165, 1.54) is 9.78 Å². The smallest absolute Gasteiger partial charge is 0.410 e. The minimum Gasteiger partial charge on any atom is -0.490 e. The van der Waals surface area contributed by atoms with Gasteiger partial charge in [0, 0.05) is 17.5 Å². The van der Waals surface area contributed by atoms with Gasteiger partial charge < -0.3 is 14.4 Å². The highest BCUT2D eigenvalue weighted by atomic mass is 79.9. The Morgan fingerprint density at radius 2 is 2.03 bits per heavy atom. The standard InChI is InChI=1S/C21H28BrClN2O3S/c1-13(2)11-17-18(24-19(22)29-17)14-7-8-16(15(23)12-14)27-10-9-25(6)20(26)28-21(3,4)5/h7-8,12-13H,9-11H2,1-6H3. The molecule has 0 atom stereocenters. The average molecular weight is 504 g/mol. The van der Waals surface area contributed by atoms with Gasteiger partial charge in [0.1, 0.15) is 18.0 Å². The molecule has 0 N–H and O–H groups in total. The lowest BCUT2D eigenvalue weighted by molar-refractivity contribution is 0.0278. The normalized spacial score (nSPS) is 11.6. The van der Waals surface area contributed by atoms with E-state index in [1.54, 1.807) is 18.4 Å². The van der Waals surface area contributed by atoms with E-state index in [0.717, 1.165) is 21.6 Å². The number of likely N-dealkylation sites (N-methyl/N-ethyl adjacent to an activating group) is 1. The molecule has 1 aromatic carbocycles. The summed E-state index contributed by atoms with van der Waals surface area (Å²) in [6.45, 7) is 10.6. The number of rotatable bonds is 7. The molecule has 160 valence electrons. The van der Waals surface area contributed by atoms with Crippen molar-refractivity contribution in [2.75, 3.05) is 20.2 Å². The van der Waals surface area contributed by atoms with Gasteiger partial charge in [-0.3, -0.25) is 0 Å². The van der Waals surface area contributed by atoms with Crippen LogP contribution in [-0.2, 0) is 11.2 Å². The summed E-state index contributed by atoms with van der Waals surface area (Å²) in [5.41, 5.74) is 1.39. The molecular formula is C21H28BrClN2O3S. The number of thiazole rings is 1. The number of amides is 1. The van der Waals surface area contributed by atoms with Crippen molar-refractivity contribution in [2.45, 2.75) is 46.6 Å². The average Bonchev–Trinajstić information content (AvgIpc) is 2.94. The highest BCUT2D eigenvalue weighted by molar-refractivity contribution is 9.11. The maximum Gasteiger partial charge on any atom is 0.410 e. The van der Waals surface area contributed by atoms with Crippen LogP contribution in [-0.4, -0.2) is 41.8 Å². The first-order chi connectivity index (χ1) is 13.5. The van der Waals surface area contributed by atoms with E-state index < -0.39 is 5.60 Å². The second-order valence-corrected chi connectivity index (χ2v) is 11.0. The monoisotopic (exact) mass is 502 g/mol. The molecule has 5 nitrogen and oxygen atoms in total. The Morgan fingerprint density at radius 1 is 1.34 bits per heavy atom. The summed E-state index contributed by atoms with van der Waals surface area (Å²) in [6.07, 6.45) is 0.584. The number of hydrogen-bond donors (Lipinski definition) is 0. The van der Waals surface area contributed by atoms with Crippen LogP contribution in [0.2, 0.25) is 5.02 Å². The van der Waals surface area contributed by atoms with Crippen LogP contribution in [0.1, 0.15) is 39.5 Å². The first kappa shape index (κ1) is 24.0. The van der Waals surface area contributed by atoms with E-state index in [1.807, 2.05) is 39.0 Å².